The lowest BCUT2D eigenvalue weighted by atomic mass is 9.97. The normalized spacial score (nSPS) is 20.9. The third-order valence-corrected chi connectivity index (χ3v) is 17.4. The van der Waals surface area contributed by atoms with Crippen LogP contribution >= 0.6 is 35.0 Å². The van der Waals surface area contributed by atoms with Gasteiger partial charge in [0.25, 0.3) is 25.8 Å². The van der Waals surface area contributed by atoms with Gasteiger partial charge >= 0.3 is 4.71 Å². The second kappa shape index (κ2) is 20.1. The summed E-state index contributed by atoms with van der Waals surface area (Å²) < 4.78 is 86.4. The Labute approximate surface area is 399 Å². The lowest BCUT2D eigenvalue weighted by Crippen LogP contribution is -2.56. The summed E-state index contributed by atoms with van der Waals surface area (Å²) in [6, 6.07) is 35.2. The van der Waals surface area contributed by atoms with Crippen LogP contribution in [0.5, 0.6) is 0 Å². The van der Waals surface area contributed by atoms with Gasteiger partial charge in [-0.25, -0.2) is 21.6 Å². The molecule has 2 N–H and O–H groups in total. The number of alkyl halides is 3. The van der Waals surface area contributed by atoms with Crippen LogP contribution in [0.4, 0.5) is 20.2 Å². The highest BCUT2D eigenvalue weighted by Gasteiger charge is 2.46. The molecule has 3 heterocycles. The molecule has 0 radical (unpaired) electrons. The molecular formula is C48H51Cl2F2N5O6S3. The van der Waals surface area contributed by atoms with Gasteiger partial charge in [0.1, 0.15) is 0 Å². The third kappa shape index (κ3) is 11.0. The van der Waals surface area contributed by atoms with Crippen LogP contribution in [0.15, 0.2) is 136 Å². The molecule has 8 rings (SSSR count). The van der Waals surface area contributed by atoms with Crippen LogP contribution in [0, 0.1) is 0 Å². The number of ether oxygens (including phenoxy) is 1. The Morgan fingerprint density at radius 2 is 1.56 bits per heavy atom. The van der Waals surface area contributed by atoms with E-state index in [9.17, 15) is 30.4 Å². The number of nitrogens with zero attached hydrogens (tertiary/aromatic N) is 3. The lowest BCUT2D eigenvalue weighted by molar-refractivity contribution is 0.0299. The minimum absolute atomic E-state index is 0.0239. The Bertz CT molecular complexity index is 2720. The number of likely N-dealkylation sites (tertiary alicyclic amines) is 1. The molecule has 66 heavy (non-hydrogen) atoms. The van der Waals surface area contributed by atoms with Crippen molar-refractivity contribution in [1.29, 1.82) is 0 Å². The summed E-state index contributed by atoms with van der Waals surface area (Å²) in [5.41, 5.74) is 4.07. The molecule has 0 spiro atoms. The van der Waals surface area contributed by atoms with Crippen LogP contribution in [0.2, 0.25) is 5.02 Å². The molecule has 2 bridgehead atoms. The average Bonchev–Trinajstić information content (AvgIpc) is 3.93. The average molecular weight is 999 g/mol. The van der Waals surface area contributed by atoms with Gasteiger partial charge in [0.2, 0.25) is 0 Å². The van der Waals surface area contributed by atoms with Gasteiger partial charge in [-0.1, -0.05) is 66.2 Å². The number of hydrogen-bond donors (Lipinski definition) is 2. The molecule has 3 saturated heterocycles. The van der Waals surface area contributed by atoms with E-state index in [4.69, 9.17) is 27.9 Å². The van der Waals surface area contributed by atoms with Gasteiger partial charge in [0, 0.05) is 83.8 Å². The fourth-order valence-corrected chi connectivity index (χ4v) is 12.4. The van der Waals surface area contributed by atoms with Crippen LogP contribution in [0.1, 0.15) is 42.6 Å². The first-order valence-corrected chi connectivity index (χ1v) is 26.4. The van der Waals surface area contributed by atoms with Gasteiger partial charge in [0.05, 0.1) is 28.2 Å². The summed E-state index contributed by atoms with van der Waals surface area (Å²) in [7, 11) is -10.4. The molecule has 0 aliphatic carbocycles. The molecule has 1 amide bonds. The van der Waals surface area contributed by atoms with Crippen molar-refractivity contribution in [2.75, 3.05) is 48.8 Å². The van der Waals surface area contributed by atoms with E-state index in [-0.39, 0.29) is 35.5 Å². The topological polar surface area (TPSA) is 128 Å². The number of carbonyl (C=O) groups excluding carboxylic acids is 1. The molecule has 0 unspecified atom stereocenters. The number of morpholine rings is 1. The maximum atomic E-state index is 14.7. The Kier molecular flexibility index (Phi) is 14.7. The second-order valence-corrected chi connectivity index (χ2v) is 23.0. The number of carbonyl (C=O) groups is 1. The SMILES string of the molecule is C[C@@H]1CN(c2ccc(C(=O)NS(=O)(=O)c3ccc(N[C@H](CCN4C[C@@H]5C[C@H]4CO5)CSc4ccccc4)c(S(=O)(=O)C(F)(F)Cl)c3)cc2)C[C@H](C)N1Cc1ccccc1-c1ccc(Cl)cc1. The Morgan fingerprint density at radius 3 is 2.21 bits per heavy atom. The van der Waals surface area contributed by atoms with E-state index >= 15 is 0 Å². The molecule has 0 saturated carbocycles. The van der Waals surface area contributed by atoms with Gasteiger partial charge in [-0.2, -0.15) is 8.78 Å². The van der Waals surface area contributed by atoms with E-state index in [0.717, 1.165) is 53.4 Å². The van der Waals surface area contributed by atoms with Crippen LogP contribution < -0.4 is 14.9 Å². The number of nitrogens with one attached hydrogen (secondary N) is 2. The van der Waals surface area contributed by atoms with E-state index < -0.39 is 46.3 Å². The first-order valence-electron chi connectivity index (χ1n) is 21.7. The minimum atomic E-state index is -5.63. The second-order valence-electron chi connectivity index (χ2n) is 17.1. The smallest absolute Gasteiger partial charge is 0.380 e. The van der Waals surface area contributed by atoms with Gasteiger partial charge in [-0.05, 0) is 122 Å². The number of rotatable bonds is 17. The zero-order chi connectivity index (χ0) is 46.8. The van der Waals surface area contributed by atoms with Crippen molar-refractivity contribution < 1.29 is 35.1 Å². The number of anilines is 2. The predicted molar refractivity (Wildman–Crippen MR) is 258 cm³/mol. The summed E-state index contributed by atoms with van der Waals surface area (Å²) in [6.45, 7) is 8.53. The number of sulfonamides is 1. The van der Waals surface area contributed by atoms with Crippen LogP contribution in [0.25, 0.3) is 11.1 Å². The summed E-state index contributed by atoms with van der Waals surface area (Å²) in [6.07, 6.45) is 1.62. The highest BCUT2D eigenvalue weighted by molar-refractivity contribution is 7.99. The maximum absolute atomic E-state index is 14.7. The third-order valence-electron chi connectivity index (χ3n) is 12.5. The van der Waals surface area contributed by atoms with E-state index in [0.29, 0.717) is 49.5 Å². The van der Waals surface area contributed by atoms with Crippen molar-refractivity contribution in [3.05, 3.63) is 137 Å². The Morgan fingerprint density at radius 1 is 0.879 bits per heavy atom. The Balaban J connectivity index is 0.951. The van der Waals surface area contributed by atoms with Gasteiger partial charge in [-0.3, -0.25) is 14.6 Å². The number of thioether (sulfide) groups is 1. The van der Waals surface area contributed by atoms with Crippen molar-refractivity contribution in [2.45, 2.75) is 82.9 Å². The molecule has 5 atom stereocenters. The van der Waals surface area contributed by atoms with E-state index in [2.05, 4.69) is 46.0 Å². The first-order chi connectivity index (χ1) is 31.4. The van der Waals surface area contributed by atoms with Gasteiger partial charge in [-0.15, -0.1) is 11.8 Å². The highest BCUT2D eigenvalue weighted by Crippen LogP contribution is 2.39. The Hall–Kier alpha value is -4.26. The number of sulfone groups is 1. The number of hydrogen-bond acceptors (Lipinski definition) is 11. The number of fused-ring (bicyclic) bond motifs is 2. The summed E-state index contributed by atoms with van der Waals surface area (Å²) in [5, 5.41) is 3.81. The monoisotopic (exact) mass is 997 g/mol. The van der Waals surface area contributed by atoms with Crippen molar-refractivity contribution >= 4 is 72.1 Å². The molecule has 3 aliphatic heterocycles. The molecule has 3 aliphatic rings. The zero-order valence-electron chi connectivity index (χ0n) is 36.3. The molecule has 11 nitrogen and oxygen atoms in total. The number of halogens is 4. The fourth-order valence-electron chi connectivity index (χ4n) is 9.05. The van der Waals surface area contributed by atoms with E-state index in [1.54, 1.807) is 12.1 Å². The van der Waals surface area contributed by atoms with Gasteiger partial charge < -0.3 is 15.0 Å². The molecule has 0 aromatic heterocycles. The summed E-state index contributed by atoms with van der Waals surface area (Å²) in [5.74, 6) is -0.552. The number of piperazine rings is 1. The molecule has 18 heteroatoms. The maximum Gasteiger partial charge on any atom is 0.427 e. The quantitative estimate of drug-likeness (QED) is 0.0684. The standard InChI is InChI=1S/C48H51Cl2F2N5O6S3/c1-32-26-56(27-33(2)57(32)28-36-8-6-7-11-44(36)34-12-16-37(49)17-13-34)39-18-14-35(15-19-39)47(58)54-66(61,62)43-20-21-45(46(25-43)65(59,60)48(50,51)52)53-38(31-64-42-9-4-3-5-10-42)22-23-55-29-41-24-40(55)30-63-41/h3-21,25,32-33,38,40-41,53H,22-24,26-31H2,1-2H3,(H,54,58)/t32-,33+,38-,40+,41+/m1/s1. The minimum Gasteiger partial charge on any atom is -0.380 e. The fraction of sp³-hybridized carbons (Fsp3) is 0.354. The van der Waals surface area contributed by atoms with Crippen LogP contribution in [-0.4, -0.2) is 106 Å². The van der Waals surface area contributed by atoms with Crippen molar-refractivity contribution in [2.24, 2.45) is 0 Å². The predicted octanol–water partition coefficient (Wildman–Crippen LogP) is 9.22. The molecular weight excluding hydrogens is 948 g/mol. The highest BCUT2D eigenvalue weighted by atomic mass is 35.5. The van der Waals surface area contributed by atoms with Gasteiger partial charge in [0.15, 0.2) is 0 Å². The largest absolute Gasteiger partial charge is 0.427 e. The summed E-state index contributed by atoms with van der Waals surface area (Å²) in [4.78, 5) is 19.7. The van der Waals surface area contributed by atoms with Crippen LogP contribution in [0.3, 0.4) is 0 Å². The van der Waals surface area contributed by atoms with E-state index in [1.807, 2.05) is 71.5 Å². The van der Waals surface area contributed by atoms with Crippen molar-refractivity contribution in [1.82, 2.24) is 14.5 Å². The first kappa shape index (κ1) is 48.2. The molecule has 5 aromatic rings. The molecule has 350 valence electrons. The van der Waals surface area contributed by atoms with Crippen LogP contribution in [-0.2, 0) is 31.1 Å². The molecule has 5 aromatic carbocycles. The molecule has 3 fully saturated rings. The number of amides is 1. The van der Waals surface area contributed by atoms with E-state index in [1.165, 1.54) is 29.5 Å². The van der Waals surface area contributed by atoms with Crippen molar-refractivity contribution in [3.8, 4) is 11.1 Å². The summed E-state index contributed by atoms with van der Waals surface area (Å²) >= 11 is 12.8. The van der Waals surface area contributed by atoms with Crippen molar-refractivity contribution in [3.63, 3.8) is 0 Å². The zero-order valence-corrected chi connectivity index (χ0v) is 40.3. The number of benzene rings is 5. The lowest BCUT2D eigenvalue weighted by Gasteiger charge is -2.45.